The monoisotopic (exact) mass is 240 g/mol. The van der Waals surface area contributed by atoms with E-state index in [9.17, 15) is 0 Å². The summed E-state index contributed by atoms with van der Waals surface area (Å²) < 4.78 is 0. The van der Waals surface area contributed by atoms with Crippen molar-refractivity contribution in [3.63, 3.8) is 0 Å². The van der Waals surface area contributed by atoms with Crippen molar-refractivity contribution in [1.29, 1.82) is 0 Å². The molecule has 2 bridgehead atoms. The van der Waals surface area contributed by atoms with Crippen molar-refractivity contribution >= 4 is 0 Å². The first-order valence-corrected chi connectivity index (χ1v) is 7.24. The van der Waals surface area contributed by atoms with Gasteiger partial charge >= 0.3 is 0 Å². The van der Waals surface area contributed by atoms with Crippen LogP contribution in [0.25, 0.3) is 0 Å². The molecule has 2 atom stereocenters. The maximum Gasteiger partial charge on any atom is 0.0271 e. The van der Waals surface area contributed by atoms with E-state index in [2.05, 4.69) is 22.0 Å². The lowest BCUT2D eigenvalue weighted by atomic mass is 9.95. The molecule has 0 amide bonds. The molecular weight excluding hydrogens is 220 g/mol. The summed E-state index contributed by atoms with van der Waals surface area (Å²) in [6, 6.07) is 5.96. The standard InChI is InChI=1S/C16H20N2/c1-2-13(1)14-9-15-3-4-16(10-14)18(15)11-12-5-7-17-8-6-12/h5-8,15-16H,1-4,9-11H2. The zero-order valence-corrected chi connectivity index (χ0v) is 10.8. The predicted octanol–water partition coefficient (Wildman–Crippen LogP) is 3.30. The second-order valence-electron chi connectivity index (χ2n) is 6.03. The molecule has 2 nitrogen and oxygen atoms in total. The van der Waals surface area contributed by atoms with Gasteiger partial charge in [-0.2, -0.15) is 0 Å². The highest BCUT2D eigenvalue weighted by Gasteiger charge is 2.39. The maximum atomic E-state index is 4.11. The molecular formula is C16H20N2. The Morgan fingerprint density at radius 2 is 1.67 bits per heavy atom. The number of hydrogen-bond donors (Lipinski definition) is 0. The first-order chi connectivity index (χ1) is 8.90. The third-order valence-electron chi connectivity index (χ3n) is 4.85. The number of pyridine rings is 1. The van der Waals surface area contributed by atoms with Gasteiger partial charge in [-0.1, -0.05) is 11.1 Å². The summed E-state index contributed by atoms with van der Waals surface area (Å²) in [6.07, 6.45) is 12.2. The maximum absolute atomic E-state index is 4.11. The van der Waals surface area contributed by atoms with Crippen LogP contribution in [0, 0.1) is 0 Å². The molecule has 3 aliphatic rings. The number of allylic oxidation sites excluding steroid dienone is 1. The number of hydrogen-bond acceptors (Lipinski definition) is 2. The number of aromatic nitrogens is 1. The SMILES string of the molecule is c1cc(CN2C3CCC2CC(=C2CC2)C3)ccn1. The Morgan fingerprint density at radius 3 is 2.28 bits per heavy atom. The number of rotatable bonds is 2. The molecule has 0 radical (unpaired) electrons. The van der Waals surface area contributed by atoms with Crippen LogP contribution in [0.3, 0.4) is 0 Å². The molecule has 0 spiro atoms. The van der Waals surface area contributed by atoms with Crippen molar-refractivity contribution in [1.82, 2.24) is 9.88 Å². The molecule has 3 heterocycles. The van der Waals surface area contributed by atoms with Crippen molar-refractivity contribution in [3.8, 4) is 0 Å². The molecule has 2 unspecified atom stereocenters. The van der Waals surface area contributed by atoms with Crippen LogP contribution < -0.4 is 0 Å². The first-order valence-electron chi connectivity index (χ1n) is 7.24. The Kier molecular flexibility index (Phi) is 2.51. The van der Waals surface area contributed by atoms with Gasteiger partial charge in [0.2, 0.25) is 0 Å². The normalized spacial score (nSPS) is 30.9. The quantitative estimate of drug-likeness (QED) is 0.737. The van der Waals surface area contributed by atoms with E-state index in [0.29, 0.717) is 0 Å². The Morgan fingerprint density at radius 1 is 1.00 bits per heavy atom. The molecule has 2 heteroatoms. The topological polar surface area (TPSA) is 16.1 Å². The summed E-state index contributed by atoms with van der Waals surface area (Å²) in [4.78, 5) is 6.86. The molecule has 0 aromatic carbocycles. The van der Waals surface area contributed by atoms with Crippen LogP contribution in [0.5, 0.6) is 0 Å². The lowest BCUT2D eigenvalue weighted by Gasteiger charge is -2.36. The highest BCUT2D eigenvalue weighted by Crippen LogP contribution is 2.44. The first kappa shape index (κ1) is 10.7. The van der Waals surface area contributed by atoms with E-state index in [1.807, 2.05) is 18.0 Å². The summed E-state index contributed by atoms with van der Waals surface area (Å²) in [6.45, 7) is 1.13. The van der Waals surface area contributed by atoms with E-state index in [4.69, 9.17) is 0 Å². The number of fused-ring (bicyclic) bond motifs is 2. The molecule has 94 valence electrons. The third kappa shape index (κ3) is 1.89. The van der Waals surface area contributed by atoms with Gasteiger partial charge < -0.3 is 0 Å². The highest BCUT2D eigenvalue weighted by molar-refractivity contribution is 5.29. The van der Waals surface area contributed by atoms with Gasteiger partial charge in [0.25, 0.3) is 0 Å². The van der Waals surface area contributed by atoms with Crippen molar-refractivity contribution in [2.45, 2.75) is 57.2 Å². The van der Waals surface area contributed by atoms with Crippen LogP contribution in [-0.2, 0) is 6.54 Å². The molecule has 1 aromatic heterocycles. The van der Waals surface area contributed by atoms with Crippen molar-refractivity contribution in [3.05, 3.63) is 41.2 Å². The Hall–Kier alpha value is -1.15. The minimum absolute atomic E-state index is 0.819. The van der Waals surface area contributed by atoms with Gasteiger partial charge in [0, 0.05) is 31.0 Å². The average molecular weight is 240 g/mol. The van der Waals surface area contributed by atoms with Crippen LogP contribution in [0.1, 0.15) is 44.1 Å². The second kappa shape index (κ2) is 4.20. The van der Waals surface area contributed by atoms with Crippen molar-refractivity contribution in [2.75, 3.05) is 0 Å². The van der Waals surface area contributed by atoms with Gasteiger partial charge in [0.15, 0.2) is 0 Å². The summed E-state index contributed by atoms with van der Waals surface area (Å²) >= 11 is 0. The van der Waals surface area contributed by atoms with E-state index in [0.717, 1.165) is 18.6 Å². The van der Waals surface area contributed by atoms with E-state index in [1.165, 1.54) is 44.1 Å². The van der Waals surface area contributed by atoms with Crippen LogP contribution in [0.15, 0.2) is 35.7 Å². The molecule has 3 fully saturated rings. The fourth-order valence-corrected chi connectivity index (χ4v) is 3.77. The molecule has 1 aromatic rings. The van der Waals surface area contributed by atoms with Gasteiger partial charge in [-0.25, -0.2) is 0 Å². The van der Waals surface area contributed by atoms with Crippen LogP contribution >= 0.6 is 0 Å². The van der Waals surface area contributed by atoms with Crippen molar-refractivity contribution < 1.29 is 0 Å². The molecule has 0 N–H and O–H groups in total. The summed E-state index contributed by atoms with van der Waals surface area (Å²) in [7, 11) is 0. The molecule has 1 saturated carbocycles. The van der Waals surface area contributed by atoms with Gasteiger partial charge in [0.05, 0.1) is 0 Å². The summed E-state index contributed by atoms with van der Waals surface area (Å²) in [5.41, 5.74) is 5.05. The van der Waals surface area contributed by atoms with Crippen molar-refractivity contribution in [2.24, 2.45) is 0 Å². The van der Waals surface area contributed by atoms with E-state index < -0.39 is 0 Å². The third-order valence-corrected chi connectivity index (χ3v) is 4.85. The minimum Gasteiger partial charge on any atom is -0.293 e. The summed E-state index contributed by atoms with van der Waals surface area (Å²) in [5.74, 6) is 0. The largest absolute Gasteiger partial charge is 0.293 e. The lowest BCUT2D eigenvalue weighted by molar-refractivity contribution is 0.157. The van der Waals surface area contributed by atoms with E-state index in [-0.39, 0.29) is 0 Å². The molecule has 18 heavy (non-hydrogen) atoms. The lowest BCUT2D eigenvalue weighted by Crippen LogP contribution is -2.39. The minimum atomic E-state index is 0.819. The highest BCUT2D eigenvalue weighted by atomic mass is 15.2. The summed E-state index contributed by atoms with van der Waals surface area (Å²) in [5, 5.41) is 0. The Balaban J connectivity index is 1.52. The van der Waals surface area contributed by atoms with E-state index in [1.54, 1.807) is 5.57 Å². The predicted molar refractivity (Wildman–Crippen MR) is 72.1 cm³/mol. The van der Waals surface area contributed by atoms with Gasteiger partial charge in [-0.15, -0.1) is 0 Å². The second-order valence-corrected chi connectivity index (χ2v) is 6.03. The smallest absolute Gasteiger partial charge is 0.0271 e. The zero-order chi connectivity index (χ0) is 11.9. The van der Waals surface area contributed by atoms with Crippen LogP contribution in [0.4, 0.5) is 0 Å². The van der Waals surface area contributed by atoms with Gasteiger partial charge in [-0.3, -0.25) is 9.88 Å². The molecule has 4 rings (SSSR count). The zero-order valence-electron chi connectivity index (χ0n) is 10.8. The molecule has 2 saturated heterocycles. The molecule has 1 aliphatic carbocycles. The number of piperidine rings is 1. The Labute approximate surface area is 109 Å². The number of nitrogens with zero attached hydrogens (tertiary/aromatic N) is 2. The van der Waals surface area contributed by atoms with Crippen LogP contribution in [-0.4, -0.2) is 22.0 Å². The van der Waals surface area contributed by atoms with Crippen LogP contribution in [0.2, 0.25) is 0 Å². The van der Waals surface area contributed by atoms with Gasteiger partial charge in [0.1, 0.15) is 0 Å². The van der Waals surface area contributed by atoms with E-state index >= 15 is 0 Å². The molecule has 2 aliphatic heterocycles. The fraction of sp³-hybridized carbons (Fsp3) is 0.562. The Bertz CT molecular complexity index is 455. The average Bonchev–Trinajstić information content (AvgIpc) is 3.21. The van der Waals surface area contributed by atoms with Gasteiger partial charge in [-0.05, 0) is 56.2 Å². The fourth-order valence-electron chi connectivity index (χ4n) is 3.77.